The normalized spacial score (nSPS) is 15.2. The molecule has 1 fully saturated rings. The summed E-state index contributed by atoms with van der Waals surface area (Å²) in [4.78, 5) is 37.2. The van der Waals surface area contributed by atoms with E-state index in [9.17, 15) is 9.59 Å². The van der Waals surface area contributed by atoms with Gasteiger partial charge < -0.3 is 24.7 Å². The van der Waals surface area contributed by atoms with E-state index < -0.39 is 11.9 Å². The number of oxazole rings is 1. The Bertz CT molecular complexity index is 1170. The Balaban J connectivity index is 1.38. The fraction of sp³-hybridized carbons (Fsp3) is 0.429. The Kier molecular flexibility index (Phi) is 8.90. The molecule has 0 bridgehead atoms. The van der Waals surface area contributed by atoms with Gasteiger partial charge in [-0.25, -0.2) is 9.97 Å². The molecule has 9 heteroatoms. The molecule has 4 rings (SSSR count). The van der Waals surface area contributed by atoms with Crippen molar-refractivity contribution >= 4 is 17.5 Å². The van der Waals surface area contributed by atoms with Crippen molar-refractivity contribution in [3.63, 3.8) is 0 Å². The summed E-state index contributed by atoms with van der Waals surface area (Å²) in [5.74, 6) is 0.228. The summed E-state index contributed by atoms with van der Waals surface area (Å²) in [6.45, 7) is 5.76. The third kappa shape index (κ3) is 7.16. The number of hydrogen-bond acceptors (Lipinski definition) is 7. The SMILES string of the molecule is CCCCC(NC(=O)c1oc(-c2ccccc2)nc1C)C(=O)Nc1ccc(OC2CCN(C)CC2)nc1. The first-order chi connectivity index (χ1) is 17.9. The molecule has 1 aliphatic rings. The van der Waals surface area contributed by atoms with Crippen molar-refractivity contribution in [3.05, 3.63) is 60.1 Å². The maximum atomic E-state index is 13.1. The van der Waals surface area contributed by atoms with Crippen LogP contribution >= 0.6 is 0 Å². The molecule has 0 radical (unpaired) electrons. The van der Waals surface area contributed by atoms with Crippen molar-refractivity contribution in [2.45, 2.75) is 58.1 Å². The number of piperidine rings is 1. The third-order valence-corrected chi connectivity index (χ3v) is 6.45. The van der Waals surface area contributed by atoms with Gasteiger partial charge in [0.1, 0.15) is 12.1 Å². The van der Waals surface area contributed by atoms with Crippen LogP contribution in [0.1, 0.15) is 55.3 Å². The summed E-state index contributed by atoms with van der Waals surface area (Å²) in [6, 6.07) is 12.2. The molecule has 0 saturated carbocycles. The fourth-order valence-electron chi connectivity index (χ4n) is 4.24. The molecule has 1 aromatic carbocycles. The summed E-state index contributed by atoms with van der Waals surface area (Å²) in [7, 11) is 2.11. The van der Waals surface area contributed by atoms with E-state index in [0.29, 0.717) is 29.6 Å². The Morgan fingerprint density at radius 3 is 2.59 bits per heavy atom. The van der Waals surface area contributed by atoms with Crippen LogP contribution in [0.15, 0.2) is 53.1 Å². The van der Waals surface area contributed by atoms with Crippen LogP contribution in [-0.4, -0.2) is 59.0 Å². The fourth-order valence-corrected chi connectivity index (χ4v) is 4.24. The van der Waals surface area contributed by atoms with Gasteiger partial charge >= 0.3 is 0 Å². The number of anilines is 1. The summed E-state index contributed by atoms with van der Waals surface area (Å²) in [6.07, 6.45) is 5.83. The summed E-state index contributed by atoms with van der Waals surface area (Å²) >= 11 is 0. The van der Waals surface area contributed by atoms with Crippen LogP contribution in [-0.2, 0) is 4.79 Å². The summed E-state index contributed by atoms with van der Waals surface area (Å²) in [5.41, 5.74) is 1.79. The molecule has 3 aromatic rings. The topological polar surface area (TPSA) is 110 Å². The molecule has 2 aromatic heterocycles. The number of rotatable bonds is 10. The van der Waals surface area contributed by atoms with Crippen LogP contribution < -0.4 is 15.4 Å². The lowest BCUT2D eigenvalue weighted by molar-refractivity contribution is -0.118. The molecule has 37 heavy (non-hydrogen) atoms. The number of nitrogens with one attached hydrogen (secondary N) is 2. The van der Waals surface area contributed by atoms with Crippen LogP contribution in [0.4, 0.5) is 5.69 Å². The van der Waals surface area contributed by atoms with Gasteiger partial charge in [-0.15, -0.1) is 0 Å². The third-order valence-electron chi connectivity index (χ3n) is 6.45. The van der Waals surface area contributed by atoms with Crippen LogP contribution in [0.5, 0.6) is 5.88 Å². The molecular formula is C28H35N5O4. The Morgan fingerprint density at radius 1 is 1.16 bits per heavy atom. The van der Waals surface area contributed by atoms with Gasteiger partial charge in [0.25, 0.3) is 5.91 Å². The van der Waals surface area contributed by atoms with Gasteiger partial charge in [0, 0.05) is 24.7 Å². The van der Waals surface area contributed by atoms with Crippen molar-refractivity contribution in [2.75, 3.05) is 25.5 Å². The highest BCUT2D eigenvalue weighted by atomic mass is 16.5. The lowest BCUT2D eigenvalue weighted by Gasteiger charge is -2.28. The van der Waals surface area contributed by atoms with Gasteiger partial charge in [-0.05, 0) is 51.4 Å². The second kappa shape index (κ2) is 12.5. The van der Waals surface area contributed by atoms with E-state index in [1.165, 1.54) is 0 Å². The van der Waals surface area contributed by atoms with Crippen LogP contribution in [0, 0.1) is 6.92 Å². The number of aromatic nitrogens is 2. The second-order valence-corrected chi connectivity index (χ2v) is 9.46. The predicted molar refractivity (Wildman–Crippen MR) is 141 cm³/mol. The molecule has 1 saturated heterocycles. The first-order valence-electron chi connectivity index (χ1n) is 12.9. The van der Waals surface area contributed by atoms with Gasteiger partial charge in [-0.2, -0.15) is 0 Å². The van der Waals surface area contributed by atoms with Crippen LogP contribution in [0.3, 0.4) is 0 Å². The van der Waals surface area contributed by atoms with Gasteiger partial charge in [-0.1, -0.05) is 38.0 Å². The molecule has 0 spiro atoms. The molecule has 0 aliphatic carbocycles. The summed E-state index contributed by atoms with van der Waals surface area (Å²) in [5, 5.41) is 5.69. The molecule has 2 amide bonds. The quantitative estimate of drug-likeness (QED) is 0.419. The highest BCUT2D eigenvalue weighted by Crippen LogP contribution is 2.22. The minimum atomic E-state index is -0.729. The van der Waals surface area contributed by atoms with Crippen molar-refractivity contribution < 1.29 is 18.7 Å². The van der Waals surface area contributed by atoms with Crippen LogP contribution in [0.25, 0.3) is 11.5 Å². The Labute approximate surface area is 217 Å². The zero-order chi connectivity index (χ0) is 26.2. The van der Waals surface area contributed by atoms with Crippen LogP contribution in [0.2, 0.25) is 0 Å². The number of ether oxygens (including phenoxy) is 1. The maximum Gasteiger partial charge on any atom is 0.289 e. The number of carbonyl (C=O) groups is 2. The zero-order valence-electron chi connectivity index (χ0n) is 21.7. The molecule has 1 aliphatic heterocycles. The average Bonchev–Trinajstić information content (AvgIpc) is 3.31. The number of carbonyl (C=O) groups excluding carboxylic acids is 2. The van der Waals surface area contributed by atoms with Gasteiger partial charge in [0.05, 0.1) is 17.6 Å². The van der Waals surface area contributed by atoms with E-state index in [-0.39, 0.29) is 17.8 Å². The highest BCUT2D eigenvalue weighted by Gasteiger charge is 2.25. The van der Waals surface area contributed by atoms with E-state index in [1.54, 1.807) is 25.3 Å². The Hall–Kier alpha value is -3.72. The molecule has 1 unspecified atom stereocenters. The molecule has 196 valence electrons. The smallest absolute Gasteiger partial charge is 0.289 e. The number of benzene rings is 1. The standard InChI is InChI=1S/C28H35N5O4/c1-4-5-11-23(32-27(35)25-19(2)30-28(37-25)20-9-7-6-8-10-20)26(34)31-21-12-13-24(29-18-21)36-22-14-16-33(3)17-15-22/h6-10,12-13,18,22-23H,4-5,11,14-17H2,1-3H3,(H,31,34)(H,32,35). The number of unbranched alkanes of at least 4 members (excludes halogenated alkanes) is 1. The first-order valence-corrected chi connectivity index (χ1v) is 12.9. The van der Waals surface area contributed by atoms with Crippen molar-refractivity contribution in [2.24, 2.45) is 0 Å². The maximum absolute atomic E-state index is 13.1. The number of likely N-dealkylation sites (tertiary alicyclic amines) is 1. The minimum absolute atomic E-state index is 0.102. The average molecular weight is 506 g/mol. The zero-order valence-corrected chi connectivity index (χ0v) is 21.7. The molecule has 3 heterocycles. The highest BCUT2D eigenvalue weighted by molar-refractivity contribution is 6.00. The molecule has 9 nitrogen and oxygen atoms in total. The first kappa shape index (κ1) is 26.3. The van der Waals surface area contributed by atoms with Crippen molar-refractivity contribution in [1.82, 2.24) is 20.2 Å². The number of aryl methyl sites for hydroxylation is 1. The number of nitrogens with zero attached hydrogens (tertiary/aromatic N) is 3. The summed E-state index contributed by atoms with van der Waals surface area (Å²) < 4.78 is 11.8. The molecule has 1 atom stereocenters. The van der Waals surface area contributed by atoms with Gasteiger partial charge in [0.15, 0.2) is 0 Å². The van der Waals surface area contributed by atoms with E-state index >= 15 is 0 Å². The second-order valence-electron chi connectivity index (χ2n) is 9.46. The number of amides is 2. The predicted octanol–water partition coefficient (Wildman–Crippen LogP) is 4.45. The van der Waals surface area contributed by atoms with Crippen molar-refractivity contribution in [3.8, 4) is 17.3 Å². The molecule has 2 N–H and O–H groups in total. The van der Waals surface area contributed by atoms with E-state index in [4.69, 9.17) is 9.15 Å². The molecular weight excluding hydrogens is 470 g/mol. The van der Waals surface area contributed by atoms with E-state index in [1.807, 2.05) is 37.3 Å². The Morgan fingerprint density at radius 2 is 1.92 bits per heavy atom. The van der Waals surface area contributed by atoms with E-state index in [0.717, 1.165) is 44.3 Å². The van der Waals surface area contributed by atoms with Gasteiger partial charge in [0.2, 0.25) is 23.4 Å². The number of hydrogen-bond donors (Lipinski definition) is 2. The lowest BCUT2D eigenvalue weighted by atomic mass is 10.1. The number of pyridine rings is 1. The largest absolute Gasteiger partial charge is 0.474 e. The van der Waals surface area contributed by atoms with Gasteiger partial charge in [-0.3, -0.25) is 9.59 Å². The minimum Gasteiger partial charge on any atom is -0.474 e. The monoisotopic (exact) mass is 505 g/mol. The lowest BCUT2D eigenvalue weighted by Crippen LogP contribution is -2.43. The van der Waals surface area contributed by atoms with Crippen molar-refractivity contribution in [1.29, 1.82) is 0 Å². The van der Waals surface area contributed by atoms with E-state index in [2.05, 4.69) is 32.5 Å².